The van der Waals surface area contributed by atoms with Crippen molar-refractivity contribution >= 4 is 29.0 Å². The number of hydrogen-bond acceptors (Lipinski definition) is 5. The molecule has 1 saturated heterocycles. The van der Waals surface area contributed by atoms with Gasteiger partial charge >= 0.3 is 0 Å². The first kappa shape index (κ1) is 21.8. The van der Waals surface area contributed by atoms with Gasteiger partial charge in [-0.3, -0.25) is 4.79 Å². The molecule has 1 aliphatic heterocycles. The zero-order valence-corrected chi connectivity index (χ0v) is 18.4. The van der Waals surface area contributed by atoms with Gasteiger partial charge in [0.05, 0.1) is 18.2 Å². The number of halogens is 2. The summed E-state index contributed by atoms with van der Waals surface area (Å²) in [5.74, 6) is 0.153. The Kier molecular flexibility index (Phi) is 6.92. The Morgan fingerprint density at radius 1 is 1.16 bits per heavy atom. The summed E-state index contributed by atoms with van der Waals surface area (Å²) >= 11 is 5.79. The SMILES string of the molecule is Cc1cnc(NC2CCC(NC(=O)c3ccc(F)c(Cl)c3)CC2)cc1N1CCOCC1. The van der Waals surface area contributed by atoms with Crippen LogP contribution < -0.4 is 15.5 Å². The Morgan fingerprint density at radius 3 is 2.58 bits per heavy atom. The maximum atomic E-state index is 13.3. The highest BCUT2D eigenvalue weighted by Gasteiger charge is 2.24. The number of hydrogen-bond donors (Lipinski definition) is 2. The van der Waals surface area contributed by atoms with Crippen molar-refractivity contribution in [3.05, 3.63) is 52.4 Å². The molecule has 1 amide bonds. The zero-order valence-electron chi connectivity index (χ0n) is 17.7. The molecule has 1 saturated carbocycles. The second kappa shape index (κ2) is 9.83. The number of rotatable bonds is 5. The second-order valence-corrected chi connectivity index (χ2v) is 8.66. The van der Waals surface area contributed by atoms with Crippen molar-refractivity contribution in [3.63, 3.8) is 0 Å². The van der Waals surface area contributed by atoms with E-state index in [1.54, 1.807) is 0 Å². The molecule has 2 aromatic rings. The standard InChI is InChI=1S/C23H28ClFN4O2/c1-15-14-26-22(13-21(15)29-8-10-31-11-9-29)27-17-3-5-18(6-4-17)28-23(30)16-2-7-20(25)19(24)12-16/h2,7,12-14,17-18H,3-6,8-11H2,1H3,(H,26,27)(H,28,30). The summed E-state index contributed by atoms with van der Waals surface area (Å²) in [6.07, 6.45) is 5.56. The molecule has 0 spiro atoms. The molecule has 1 aromatic heterocycles. The van der Waals surface area contributed by atoms with E-state index in [2.05, 4.69) is 33.5 Å². The molecule has 2 N–H and O–H groups in total. The van der Waals surface area contributed by atoms with Gasteiger partial charge in [0.25, 0.3) is 5.91 Å². The Labute approximate surface area is 187 Å². The van der Waals surface area contributed by atoms with Crippen molar-refractivity contribution in [2.75, 3.05) is 36.5 Å². The minimum atomic E-state index is -0.522. The van der Waals surface area contributed by atoms with Gasteiger partial charge in [0.2, 0.25) is 0 Å². The van der Waals surface area contributed by atoms with Crippen LogP contribution in [0.2, 0.25) is 5.02 Å². The van der Waals surface area contributed by atoms with Gasteiger partial charge < -0.3 is 20.3 Å². The molecule has 0 radical (unpaired) electrons. The monoisotopic (exact) mass is 446 g/mol. The van der Waals surface area contributed by atoms with Gasteiger partial charge in [-0.05, 0) is 56.4 Å². The molecule has 4 rings (SSSR count). The van der Waals surface area contributed by atoms with Crippen LogP contribution in [0.1, 0.15) is 41.6 Å². The summed E-state index contributed by atoms with van der Waals surface area (Å²) < 4.78 is 18.8. The highest BCUT2D eigenvalue weighted by Crippen LogP contribution is 2.27. The van der Waals surface area contributed by atoms with Crippen LogP contribution in [-0.4, -0.2) is 49.3 Å². The van der Waals surface area contributed by atoms with E-state index in [0.29, 0.717) is 11.6 Å². The molecule has 0 unspecified atom stereocenters. The second-order valence-electron chi connectivity index (χ2n) is 8.25. The van der Waals surface area contributed by atoms with E-state index in [-0.39, 0.29) is 17.0 Å². The van der Waals surface area contributed by atoms with Crippen molar-refractivity contribution in [2.24, 2.45) is 0 Å². The summed E-state index contributed by atoms with van der Waals surface area (Å²) in [5.41, 5.74) is 2.76. The van der Waals surface area contributed by atoms with E-state index in [0.717, 1.165) is 57.8 Å². The van der Waals surface area contributed by atoms with E-state index >= 15 is 0 Å². The van der Waals surface area contributed by atoms with Crippen molar-refractivity contribution < 1.29 is 13.9 Å². The molecule has 1 aliphatic carbocycles. The van der Waals surface area contributed by atoms with Crippen LogP contribution in [0.5, 0.6) is 0 Å². The highest BCUT2D eigenvalue weighted by atomic mass is 35.5. The van der Waals surface area contributed by atoms with E-state index in [1.165, 1.54) is 29.4 Å². The van der Waals surface area contributed by atoms with Crippen molar-refractivity contribution in [1.29, 1.82) is 0 Å². The lowest BCUT2D eigenvalue weighted by Crippen LogP contribution is -2.40. The number of pyridine rings is 1. The van der Waals surface area contributed by atoms with Gasteiger partial charge in [-0.15, -0.1) is 0 Å². The lowest BCUT2D eigenvalue weighted by atomic mass is 9.91. The van der Waals surface area contributed by atoms with E-state index in [4.69, 9.17) is 16.3 Å². The summed E-state index contributed by atoms with van der Waals surface area (Å²) in [5, 5.41) is 6.57. The number of anilines is 2. The summed E-state index contributed by atoms with van der Waals surface area (Å²) in [6.45, 7) is 5.39. The maximum Gasteiger partial charge on any atom is 0.251 e. The zero-order chi connectivity index (χ0) is 21.8. The quantitative estimate of drug-likeness (QED) is 0.721. The van der Waals surface area contributed by atoms with Crippen LogP contribution in [0.25, 0.3) is 0 Å². The summed E-state index contributed by atoms with van der Waals surface area (Å²) in [6, 6.07) is 6.60. The molecule has 1 aromatic carbocycles. The number of nitrogens with one attached hydrogen (secondary N) is 2. The van der Waals surface area contributed by atoms with Crippen LogP contribution in [0.3, 0.4) is 0 Å². The number of ether oxygens (including phenoxy) is 1. The van der Waals surface area contributed by atoms with Crippen LogP contribution in [-0.2, 0) is 4.74 Å². The number of nitrogens with zero attached hydrogens (tertiary/aromatic N) is 2. The van der Waals surface area contributed by atoms with Gasteiger partial charge in [-0.25, -0.2) is 9.37 Å². The Morgan fingerprint density at radius 2 is 1.87 bits per heavy atom. The summed E-state index contributed by atoms with van der Waals surface area (Å²) in [4.78, 5) is 19.4. The van der Waals surface area contributed by atoms with Crippen molar-refractivity contribution in [2.45, 2.75) is 44.7 Å². The molecule has 2 fully saturated rings. The van der Waals surface area contributed by atoms with Gasteiger partial charge in [0.15, 0.2) is 0 Å². The number of aromatic nitrogens is 1. The number of carbonyl (C=O) groups is 1. The third-order valence-electron chi connectivity index (χ3n) is 6.02. The fourth-order valence-electron chi connectivity index (χ4n) is 4.23. The molecule has 2 aliphatic rings. The number of benzene rings is 1. The molecule has 166 valence electrons. The van der Waals surface area contributed by atoms with Gasteiger partial charge in [0.1, 0.15) is 11.6 Å². The first-order chi connectivity index (χ1) is 15.0. The lowest BCUT2D eigenvalue weighted by molar-refractivity contribution is 0.0926. The third-order valence-corrected chi connectivity index (χ3v) is 6.31. The van der Waals surface area contributed by atoms with Crippen LogP contribution in [0.15, 0.2) is 30.5 Å². The average molecular weight is 447 g/mol. The Bertz CT molecular complexity index is 928. The predicted molar refractivity (Wildman–Crippen MR) is 121 cm³/mol. The van der Waals surface area contributed by atoms with Gasteiger partial charge in [0, 0.05) is 48.7 Å². The molecule has 0 atom stereocenters. The van der Waals surface area contributed by atoms with Crippen LogP contribution in [0, 0.1) is 12.7 Å². The number of aryl methyl sites for hydroxylation is 1. The first-order valence-corrected chi connectivity index (χ1v) is 11.2. The third kappa shape index (κ3) is 5.46. The number of morpholine rings is 1. The molecule has 2 heterocycles. The summed E-state index contributed by atoms with van der Waals surface area (Å²) in [7, 11) is 0. The van der Waals surface area contributed by atoms with E-state index in [1.807, 2.05) is 6.20 Å². The lowest BCUT2D eigenvalue weighted by Gasteiger charge is -2.32. The van der Waals surface area contributed by atoms with Crippen LogP contribution >= 0.6 is 11.6 Å². The van der Waals surface area contributed by atoms with Gasteiger partial charge in [-0.1, -0.05) is 11.6 Å². The van der Waals surface area contributed by atoms with Crippen molar-refractivity contribution in [3.8, 4) is 0 Å². The first-order valence-electron chi connectivity index (χ1n) is 10.8. The minimum absolute atomic E-state index is 0.0393. The molecule has 0 bridgehead atoms. The fraction of sp³-hybridized carbons (Fsp3) is 0.478. The van der Waals surface area contributed by atoms with E-state index in [9.17, 15) is 9.18 Å². The van der Waals surface area contributed by atoms with Crippen LogP contribution in [0.4, 0.5) is 15.9 Å². The predicted octanol–water partition coefficient (Wildman–Crippen LogP) is 4.17. The van der Waals surface area contributed by atoms with E-state index < -0.39 is 5.82 Å². The number of amides is 1. The normalized spacial score (nSPS) is 21.6. The molecule has 8 heteroatoms. The Hall–Kier alpha value is -2.38. The fourth-order valence-corrected chi connectivity index (χ4v) is 4.41. The topological polar surface area (TPSA) is 66.5 Å². The molecular formula is C23H28ClFN4O2. The Balaban J connectivity index is 1.30. The highest BCUT2D eigenvalue weighted by molar-refractivity contribution is 6.31. The smallest absolute Gasteiger partial charge is 0.251 e. The minimum Gasteiger partial charge on any atom is -0.378 e. The molecule has 31 heavy (non-hydrogen) atoms. The average Bonchev–Trinajstić information content (AvgIpc) is 2.79. The van der Waals surface area contributed by atoms with Crippen molar-refractivity contribution in [1.82, 2.24) is 10.3 Å². The number of carbonyl (C=O) groups excluding carboxylic acids is 1. The maximum absolute atomic E-state index is 13.3. The van der Waals surface area contributed by atoms with Gasteiger partial charge in [-0.2, -0.15) is 0 Å². The molecular weight excluding hydrogens is 419 g/mol. The largest absolute Gasteiger partial charge is 0.378 e. The molecule has 6 nitrogen and oxygen atoms in total.